The largest absolute Gasteiger partial charge is 0.295 e. The van der Waals surface area contributed by atoms with Crippen LogP contribution in [0.2, 0.25) is 5.02 Å². The van der Waals surface area contributed by atoms with Gasteiger partial charge in [0.2, 0.25) is 0 Å². The normalized spacial score (nSPS) is 10.6. The molecular formula is C14H8BrClF2O. The van der Waals surface area contributed by atoms with E-state index in [2.05, 4.69) is 15.9 Å². The lowest BCUT2D eigenvalue weighted by atomic mass is 10.0. The zero-order chi connectivity index (χ0) is 14.2. The molecule has 19 heavy (non-hydrogen) atoms. The Morgan fingerprint density at radius 1 is 1.16 bits per heavy atom. The van der Waals surface area contributed by atoms with Gasteiger partial charge in [-0.15, -0.1) is 0 Å². The molecule has 0 aliphatic carbocycles. The molecule has 0 aliphatic rings. The molecular weight excluding hydrogens is 338 g/mol. The highest BCUT2D eigenvalue weighted by molar-refractivity contribution is 9.10. The number of benzene rings is 2. The van der Waals surface area contributed by atoms with Crippen LogP contribution in [0.1, 0.15) is 17.3 Å². The number of Topliss-reactive ketones (excluding diaryl/α,β-unsaturated/α-hetero) is 1. The van der Waals surface area contributed by atoms with Crippen LogP contribution in [0.5, 0.6) is 0 Å². The first-order chi connectivity index (χ1) is 8.91. The second-order valence-electron chi connectivity index (χ2n) is 3.97. The van der Waals surface area contributed by atoms with Gasteiger partial charge in [-0.25, -0.2) is 8.78 Å². The monoisotopic (exact) mass is 344 g/mol. The highest BCUT2D eigenvalue weighted by atomic mass is 79.9. The Morgan fingerprint density at radius 2 is 1.84 bits per heavy atom. The van der Waals surface area contributed by atoms with Crippen LogP contribution in [0.25, 0.3) is 11.1 Å². The maximum absolute atomic E-state index is 14.0. The summed E-state index contributed by atoms with van der Waals surface area (Å²) in [6.07, 6.45) is 0. The van der Waals surface area contributed by atoms with Gasteiger partial charge in [-0.3, -0.25) is 4.79 Å². The number of hydrogen-bond acceptors (Lipinski definition) is 1. The molecule has 0 N–H and O–H groups in total. The molecule has 1 nitrogen and oxygen atoms in total. The topological polar surface area (TPSA) is 17.1 Å². The van der Waals surface area contributed by atoms with Crippen molar-refractivity contribution in [3.8, 4) is 11.1 Å². The third-order valence-electron chi connectivity index (χ3n) is 2.70. The number of ketones is 1. The number of carbonyl (C=O) groups excluding carboxylic acids is 1. The molecule has 0 radical (unpaired) electrons. The van der Waals surface area contributed by atoms with E-state index in [1.807, 2.05) is 0 Å². The van der Waals surface area contributed by atoms with E-state index in [0.29, 0.717) is 10.0 Å². The molecule has 0 saturated carbocycles. The smallest absolute Gasteiger partial charge is 0.159 e. The molecule has 98 valence electrons. The van der Waals surface area contributed by atoms with E-state index >= 15 is 0 Å². The van der Waals surface area contributed by atoms with Crippen molar-refractivity contribution in [3.05, 3.63) is 57.0 Å². The number of hydrogen-bond donors (Lipinski definition) is 0. The molecule has 0 aromatic heterocycles. The molecule has 0 unspecified atom stereocenters. The summed E-state index contributed by atoms with van der Waals surface area (Å²) < 4.78 is 28.2. The van der Waals surface area contributed by atoms with Gasteiger partial charge in [-0.05, 0) is 47.1 Å². The van der Waals surface area contributed by atoms with E-state index in [4.69, 9.17) is 11.6 Å². The van der Waals surface area contributed by atoms with Crippen LogP contribution >= 0.6 is 27.5 Å². The second kappa shape index (κ2) is 5.39. The minimum absolute atomic E-state index is 0.0135. The molecule has 0 amide bonds. The van der Waals surface area contributed by atoms with Crippen molar-refractivity contribution in [2.75, 3.05) is 0 Å². The van der Waals surface area contributed by atoms with Crippen LogP contribution in [0, 0.1) is 11.6 Å². The summed E-state index contributed by atoms with van der Waals surface area (Å²) in [5.74, 6) is -1.55. The van der Waals surface area contributed by atoms with Gasteiger partial charge in [0, 0.05) is 21.2 Å². The van der Waals surface area contributed by atoms with Gasteiger partial charge in [0.15, 0.2) is 11.6 Å². The predicted octanol–water partition coefficient (Wildman–Crippen LogP) is 5.25. The summed E-state index contributed by atoms with van der Waals surface area (Å²) in [4.78, 5) is 11.3. The minimum Gasteiger partial charge on any atom is -0.295 e. The Labute approximate surface area is 122 Å². The quantitative estimate of drug-likeness (QED) is 0.536. The van der Waals surface area contributed by atoms with Crippen molar-refractivity contribution in [2.24, 2.45) is 0 Å². The fraction of sp³-hybridized carbons (Fsp3) is 0.0714. The average Bonchev–Trinajstić information content (AvgIpc) is 2.37. The summed E-state index contributed by atoms with van der Waals surface area (Å²) in [6.45, 7) is 1.36. The van der Waals surface area contributed by atoms with Crippen LogP contribution in [0.3, 0.4) is 0 Å². The van der Waals surface area contributed by atoms with E-state index in [0.717, 1.165) is 6.07 Å². The SMILES string of the molecule is CC(=O)c1ccc(F)c(-c2ccc(Br)c(Cl)c2F)c1. The second-order valence-corrected chi connectivity index (χ2v) is 5.21. The van der Waals surface area contributed by atoms with Gasteiger partial charge in [0.05, 0.1) is 5.02 Å². The summed E-state index contributed by atoms with van der Waals surface area (Å²) in [7, 11) is 0. The Balaban J connectivity index is 2.68. The molecule has 5 heteroatoms. The first-order valence-electron chi connectivity index (χ1n) is 5.36. The lowest BCUT2D eigenvalue weighted by molar-refractivity contribution is 0.101. The molecule has 2 aromatic rings. The van der Waals surface area contributed by atoms with Crippen LogP contribution in [0.15, 0.2) is 34.8 Å². The molecule has 0 saturated heterocycles. The van der Waals surface area contributed by atoms with E-state index in [1.165, 1.54) is 31.2 Å². The highest BCUT2D eigenvalue weighted by Crippen LogP contribution is 2.34. The highest BCUT2D eigenvalue weighted by Gasteiger charge is 2.16. The fourth-order valence-electron chi connectivity index (χ4n) is 1.68. The molecule has 0 spiro atoms. The molecule has 0 fully saturated rings. The fourth-order valence-corrected chi connectivity index (χ4v) is 2.16. The molecule has 0 heterocycles. The van der Waals surface area contributed by atoms with Gasteiger partial charge in [0.25, 0.3) is 0 Å². The van der Waals surface area contributed by atoms with Crippen molar-refractivity contribution in [2.45, 2.75) is 6.92 Å². The summed E-state index contributed by atoms with van der Waals surface area (Å²) in [5, 5.41) is -0.120. The average molecular weight is 346 g/mol. The van der Waals surface area contributed by atoms with Crippen LogP contribution in [-0.4, -0.2) is 5.78 Å². The third-order valence-corrected chi connectivity index (χ3v) is 3.96. The van der Waals surface area contributed by atoms with Gasteiger partial charge in [0.1, 0.15) is 5.82 Å². The standard InChI is InChI=1S/C14H8BrClF2O/c1-7(19)8-2-5-12(17)10(6-8)9-3-4-11(15)13(16)14(9)18/h2-6H,1H3. The maximum atomic E-state index is 14.0. The molecule has 2 aromatic carbocycles. The lowest BCUT2D eigenvalue weighted by Crippen LogP contribution is -1.96. The molecule has 0 aliphatic heterocycles. The van der Waals surface area contributed by atoms with Gasteiger partial charge < -0.3 is 0 Å². The van der Waals surface area contributed by atoms with E-state index in [1.54, 1.807) is 0 Å². The van der Waals surface area contributed by atoms with Gasteiger partial charge >= 0.3 is 0 Å². The van der Waals surface area contributed by atoms with E-state index in [9.17, 15) is 13.6 Å². The van der Waals surface area contributed by atoms with Gasteiger partial charge in [-0.1, -0.05) is 17.7 Å². The summed E-state index contributed by atoms with van der Waals surface area (Å²) >= 11 is 8.87. The van der Waals surface area contributed by atoms with Crippen molar-refractivity contribution < 1.29 is 13.6 Å². The molecule has 0 bridgehead atoms. The van der Waals surface area contributed by atoms with Crippen LogP contribution < -0.4 is 0 Å². The summed E-state index contributed by atoms with van der Waals surface area (Å²) in [6, 6.07) is 6.76. The number of carbonyl (C=O) groups is 1. The van der Waals surface area contributed by atoms with Crippen molar-refractivity contribution in [1.29, 1.82) is 0 Å². The number of halogens is 4. The summed E-state index contributed by atoms with van der Waals surface area (Å²) in [5.41, 5.74) is 0.350. The molecule has 0 atom stereocenters. The Bertz CT molecular complexity index is 671. The van der Waals surface area contributed by atoms with Crippen LogP contribution in [-0.2, 0) is 0 Å². The Morgan fingerprint density at radius 3 is 2.47 bits per heavy atom. The Kier molecular flexibility index (Phi) is 4.02. The third kappa shape index (κ3) is 2.69. The molecule has 2 rings (SSSR count). The van der Waals surface area contributed by atoms with Crippen molar-refractivity contribution in [1.82, 2.24) is 0 Å². The lowest BCUT2D eigenvalue weighted by Gasteiger charge is -2.09. The maximum Gasteiger partial charge on any atom is 0.159 e. The van der Waals surface area contributed by atoms with Crippen molar-refractivity contribution >= 4 is 33.3 Å². The number of rotatable bonds is 2. The van der Waals surface area contributed by atoms with E-state index in [-0.39, 0.29) is 21.9 Å². The minimum atomic E-state index is -0.726. The zero-order valence-electron chi connectivity index (χ0n) is 9.81. The predicted molar refractivity (Wildman–Crippen MR) is 74.5 cm³/mol. The van der Waals surface area contributed by atoms with Crippen LogP contribution in [0.4, 0.5) is 8.78 Å². The van der Waals surface area contributed by atoms with Gasteiger partial charge in [-0.2, -0.15) is 0 Å². The Hall–Kier alpha value is -1.26. The van der Waals surface area contributed by atoms with E-state index < -0.39 is 11.6 Å². The first-order valence-corrected chi connectivity index (χ1v) is 6.53. The zero-order valence-corrected chi connectivity index (χ0v) is 12.1. The van der Waals surface area contributed by atoms with Crippen molar-refractivity contribution in [3.63, 3.8) is 0 Å². The first kappa shape index (κ1) is 14.2.